The predicted octanol–water partition coefficient (Wildman–Crippen LogP) is 0.611. The molecule has 0 radical (unpaired) electrons. The lowest BCUT2D eigenvalue weighted by atomic mass is 9.93. The van der Waals surface area contributed by atoms with Gasteiger partial charge in [0, 0.05) is 31.2 Å². The van der Waals surface area contributed by atoms with Gasteiger partial charge in [-0.2, -0.15) is 0 Å². The van der Waals surface area contributed by atoms with E-state index in [2.05, 4.69) is 15.4 Å². The molecule has 0 aromatic carbocycles. The number of piperazine rings is 1. The molecule has 76 valence electrons. The Morgan fingerprint density at radius 3 is 3.14 bits per heavy atom. The van der Waals surface area contributed by atoms with Crippen molar-refractivity contribution in [1.82, 2.24) is 15.4 Å². The van der Waals surface area contributed by atoms with E-state index in [1.54, 1.807) is 6.20 Å². The summed E-state index contributed by atoms with van der Waals surface area (Å²) in [4.78, 5) is 2.51. The Morgan fingerprint density at radius 2 is 2.57 bits per heavy atom. The highest BCUT2D eigenvalue weighted by molar-refractivity contribution is 4.98. The van der Waals surface area contributed by atoms with Crippen molar-refractivity contribution in [2.75, 3.05) is 13.1 Å². The number of fused-ring (bicyclic) bond motifs is 3. The van der Waals surface area contributed by atoms with E-state index in [-0.39, 0.29) is 0 Å². The van der Waals surface area contributed by atoms with Crippen molar-refractivity contribution in [3.05, 3.63) is 18.0 Å². The lowest BCUT2D eigenvalue weighted by molar-refractivity contribution is 0.0608. The van der Waals surface area contributed by atoms with E-state index < -0.39 is 0 Å². The normalized spacial score (nSPS) is 32.3. The third-order valence-electron chi connectivity index (χ3n) is 3.31. The summed E-state index contributed by atoms with van der Waals surface area (Å²) >= 11 is 0. The summed E-state index contributed by atoms with van der Waals surface area (Å²) in [6.45, 7) is 3.22. The summed E-state index contributed by atoms with van der Waals surface area (Å²) in [7, 11) is 0. The smallest absolute Gasteiger partial charge is 0.150 e. The van der Waals surface area contributed by atoms with E-state index >= 15 is 0 Å². The van der Waals surface area contributed by atoms with Gasteiger partial charge in [0.05, 0.1) is 12.7 Å². The Labute approximate surface area is 83.2 Å². The van der Waals surface area contributed by atoms with Crippen molar-refractivity contribution in [3.8, 4) is 0 Å². The Morgan fingerprint density at radius 1 is 1.57 bits per heavy atom. The van der Waals surface area contributed by atoms with Gasteiger partial charge in [-0.1, -0.05) is 5.16 Å². The van der Waals surface area contributed by atoms with Crippen LogP contribution in [0.1, 0.15) is 18.6 Å². The number of nitrogens with one attached hydrogen (secondary N) is 1. The molecule has 2 atom stereocenters. The monoisotopic (exact) mass is 193 g/mol. The molecule has 14 heavy (non-hydrogen) atoms. The van der Waals surface area contributed by atoms with Crippen molar-refractivity contribution in [2.24, 2.45) is 0 Å². The number of hydrogen-bond acceptors (Lipinski definition) is 4. The molecule has 0 amide bonds. The molecule has 4 nitrogen and oxygen atoms in total. The molecule has 3 saturated heterocycles. The lowest BCUT2D eigenvalue weighted by Crippen LogP contribution is -2.60. The van der Waals surface area contributed by atoms with Gasteiger partial charge in [-0.3, -0.25) is 4.90 Å². The first-order chi connectivity index (χ1) is 6.92. The lowest BCUT2D eigenvalue weighted by Gasteiger charge is -2.45. The average molecular weight is 193 g/mol. The van der Waals surface area contributed by atoms with Gasteiger partial charge in [-0.25, -0.2) is 0 Å². The Bertz CT molecular complexity index is 290. The van der Waals surface area contributed by atoms with Crippen LogP contribution in [0.2, 0.25) is 0 Å². The van der Waals surface area contributed by atoms with Crippen LogP contribution in [-0.2, 0) is 6.54 Å². The third kappa shape index (κ3) is 1.44. The minimum atomic E-state index is 0.697. The molecule has 0 spiro atoms. The van der Waals surface area contributed by atoms with Crippen molar-refractivity contribution in [1.29, 1.82) is 0 Å². The number of rotatable bonds is 2. The molecule has 0 aliphatic carbocycles. The van der Waals surface area contributed by atoms with Crippen LogP contribution in [0.4, 0.5) is 0 Å². The molecule has 3 aliphatic rings. The van der Waals surface area contributed by atoms with Gasteiger partial charge in [-0.15, -0.1) is 0 Å². The summed E-state index contributed by atoms with van der Waals surface area (Å²) in [6.07, 6.45) is 4.37. The highest BCUT2D eigenvalue weighted by Crippen LogP contribution is 2.23. The third-order valence-corrected chi connectivity index (χ3v) is 3.31. The molecule has 2 unspecified atom stereocenters. The van der Waals surface area contributed by atoms with Crippen LogP contribution in [0.15, 0.2) is 16.8 Å². The van der Waals surface area contributed by atoms with E-state index in [9.17, 15) is 0 Å². The maximum Gasteiger partial charge on any atom is 0.150 e. The molecule has 1 aromatic rings. The maximum atomic E-state index is 5.13. The minimum absolute atomic E-state index is 0.697. The highest BCUT2D eigenvalue weighted by Gasteiger charge is 2.33. The first-order valence-electron chi connectivity index (χ1n) is 5.29. The molecule has 3 fully saturated rings. The highest BCUT2D eigenvalue weighted by atomic mass is 16.5. The zero-order valence-corrected chi connectivity index (χ0v) is 8.15. The number of aromatic nitrogens is 1. The van der Waals surface area contributed by atoms with E-state index in [4.69, 9.17) is 4.52 Å². The van der Waals surface area contributed by atoms with Crippen LogP contribution in [0, 0.1) is 0 Å². The van der Waals surface area contributed by atoms with Crippen LogP contribution in [0.25, 0.3) is 0 Å². The van der Waals surface area contributed by atoms with Gasteiger partial charge in [0.15, 0.2) is 5.76 Å². The van der Waals surface area contributed by atoms with E-state index in [0.29, 0.717) is 12.1 Å². The maximum absolute atomic E-state index is 5.13. The van der Waals surface area contributed by atoms with Gasteiger partial charge >= 0.3 is 0 Å². The number of hydrogen-bond donors (Lipinski definition) is 1. The van der Waals surface area contributed by atoms with Gasteiger partial charge in [0.2, 0.25) is 0 Å². The second-order valence-electron chi connectivity index (χ2n) is 4.24. The quantitative estimate of drug-likeness (QED) is 0.747. The van der Waals surface area contributed by atoms with Gasteiger partial charge in [-0.05, 0) is 12.8 Å². The molecule has 0 saturated carbocycles. The number of nitrogens with zero attached hydrogens (tertiary/aromatic N) is 2. The van der Waals surface area contributed by atoms with Crippen LogP contribution >= 0.6 is 0 Å². The predicted molar refractivity (Wildman–Crippen MR) is 51.7 cm³/mol. The van der Waals surface area contributed by atoms with Crippen molar-refractivity contribution in [2.45, 2.75) is 31.5 Å². The van der Waals surface area contributed by atoms with E-state index in [1.165, 1.54) is 12.8 Å². The Balaban J connectivity index is 1.68. The number of piperidine rings is 2. The van der Waals surface area contributed by atoms with Crippen LogP contribution < -0.4 is 5.32 Å². The SMILES string of the molecule is c1cc(CN2CC3CCC2CN3)on1. The summed E-state index contributed by atoms with van der Waals surface area (Å²) in [5, 5.41) is 7.27. The molecule has 4 heteroatoms. The molecule has 4 rings (SSSR count). The van der Waals surface area contributed by atoms with Gasteiger partial charge < -0.3 is 9.84 Å². The Hall–Kier alpha value is -0.870. The molecular weight excluding hydrogens is 178 g/mol. The largest absolute Gasteiger partial charge is 0.360 e. The zero-order chi connectivity index (χ0) is 9.38. The fraction of sp³-hybridized carbons (Fsp3) is 0.700. The van der Waals surface area contributed by atoms with Gasteiger partial charge in [0.25, 0.3) is 0 Å². The average Bonchev–Trinajstić information content (AvgIpc) is 2.72. The fourth-order valence-electron chi connectivity index (χ4n) is 2.52. The Kier molecular flexibility index (Phi) is 2.03. The van der Waals surface area contributed by atoms with Crippen LogP contribution in [-0.4, -0.2) is 35.2 Å². The molecule has 1 N–H and O–H groups in total. The van der Waals surface area contributed by atoms with E-state index in [1.807, 2.05) is 6.07 Å². The minimum Gasteiger partial charge on any atom is -0.360 e. The van der Waals surface area contributed by atoms with Gasteiger partial charge in [0.1, 0.15) is 0 Å². The first-order valence-corrected chi connectivity index (χ1v) is 5.29. The van der Waals surface area contributed by atoms with Crippen molar-refractivity contribution < 1.29 is 4.52 Å². The molecule has 1 aromatic heterocycles. The second-order valence-corrected chi connectivity index (χ2v) is 4.24. The second kappa shape index (κ2) is 3.37. The molecule has 3 aliphatic heterocycles. The molecule has 4 heterocycles. The summed E-state index contributed by atoms with van der Waals surface area (Å²) in [5.41, 5.74) is 0. The van der Waals surface area contributed by atoms with E-state index in [0.717, 1.165) is 25.4 Å². The zero-order valence-electron chi connectivity index (χ0n) is 8.15. The summed E-state index contributed by atoms with van der Waals surface area (Å²) < 4.78 is 5.13. The first kappa shape index (κ1) is 8.44. The van der Waals surface area contributed by atoms with Crippen LogP contribution in [0.5, 0.6) is 0 Å². The van der Waals surface area contributed by atoms with Crippen LogP contribution in [0.3, 0.4) is 0 Å². The summed E-state index contributed by atoms with van der Waals surface area (Å²) in [5.74, 6) is 0.984. The summed E-state index contributed by atoms with van der Waals surface area (Å²) in [6, 6.07) is 3.35. The van der Waals surface area contributed by atoms with Crippen molar-refractivity contribution in [3.63, 3.8) is 0 Å². The fourth-order valence-corrected chi connectivity index (χ4v) is 2.52. The molecule has 2 bridgehead atoms. The van der Waals surface area contributed by atoms with Crippen molar-refractivity contribution >= 4 is 0 Å². The standard InChI is InChI=1S/C10H15N3O/c1-2-9-5-11-8(1)6-13(9)7-10-3-4-12-14-10/h3-4,8-9,11H,1-2,5-7H2. The topological polar surface area (TPSA) is 41.3 Å². The molecular formula is C10H15N3O.